The van der Waals surface area contributed by atoms with Crippen molar-refractivity contribution in [2.24, 2.45) is 7.05 Å². The number of hydrogen-bond donors (Lipinski definition) is 1. The van der Waals surface area contributed by atoms with Crippen LogP contribution in [-0.4, -0.2) is 48.3 Å². The van der Waals surface area contributed by atoms with Gasteiger partial charge in [-0.05, 0) is 17.7 Å². The topological polar surface area (TPSA) is 87.1 Å². The molecule has 0 unspecified atom stereocenters. The van der Waals surface area contributed by atoms with Gasteiger partial charge in [-0.15, -0.1) is 0 Å². The molecule has 24 heavy (non-hydrogen) atoms. The molecule has 3 amide bonds. The van der Waals surface area contributed by atoms with Crippen molar-refractivity contribution in [3.63, 3.8) is 0 Å². The lowest BCUT2D eigenvalue weighted by Gasteiger charge is -2.17. The van der Waals surface area contributed by atoms with E-state index in [1.807, 2.05) is 25.2 Å². The predicted molar refractivity (Wildman–Crippen MR) is 85.7 cm³/mol. The van der Waals surface area contributed by atoms with Crippen LogP contribution in [0.3, 0.4) is 0 Å². The Kier molecular flexibility index (Phi) is 3.30. The molecule has 1 aromatic carbocycles. The number of carbonyl (C=O) groups excluding carboxylic acids is 2. The fraction of sp³-hybridized carbons (Fsp3) is 0.250. The summed E-state index contributed by atoms with van der Waals surface area (Å²) in [7, 11) is 1.87. The summed E-state index contributed by atoms with van der Waals surface area (Å²) in [5.41, 5.74) is 2.68. The molecule has 1 saturated heterocycles. The number of benzene rings is 1. The molecule has 3 aromatic rings. The number of H-pyrrole nitrogens is 1. The highest BCUT2D eigenvalue weighted by Crippen LogP contribution is 2.22. The van der Waals surface area contributed by atoms with Crippen LogP contribution in [0.1, 0.15) is 11.3 Å². The van der Waals surface area contributed by atoms with Crippen molar-refractivity contribution in [1.29, 1.82) is 0 Å². The first-order valence-electron chi connectivity index (χ1n) is 7.60. The lowest BCUT2D eigenvalue weighted by molar-refractivity contribution is -0.125. The largest absolute Gasteiger partial charge is 0.327 e. The second-order valence-electron chi connectivity index (χ2n) is 5.82. The SMILES string of the molecule is Cn1ncc2c(CN3C(=O)CN(Cc4ccn[nH]4)C3=O)cccc21. The fourth-order valence-electron chi connectivity index (χ4n) is 3.00. The van der Waals surface area contributed by atoms with Gasteiger partial charge in [0.25, 0.3) is 5.91 Å². The van der Waals surface area contributed by atoms with E-state index < -0.39 is 0 Å². The maximum atomic E-state index is 12.6. The molecule has 4 rings (SSSR count). The molecule has 8 nitrogen and oxygen atoms in total. The number of aromatic nitrogens is 4. The van der Waals surface area contributed by atoms with E-state index in [9.17, 15) is 9.59 Å². The molecular formula is C16H16N6O2. The van der Waals surface area contributed by atoms with E-state index in [4.69, 9.17) is 0 Å². The highest BCUT2D eigenvalue weighted by molar-refractivity contribution is 6.02. The lowest BCUT2D eigenvalue weighted by Crippen LogP contribution is -2.32. The summed E-state index contributed by atoms with van der Waals surface area (Å²) in [5, 5.41) is 11.9. The molecule has 0 spiro atoms. The number of nitrogens with one attached hydrogen (secondary N) is 1. The molecule has 0 radical (unpaired) electrons. The van der Waals surface area contributed by atoms with Gasteiger partial charge in [0.15, 0.2) is 0 Å². The minimum absolute atomic E-state index is 0.0842. The maximum absolute atomic E-state index is 12.6. The number of rotatable bonds is 4. The molecule has 0 atom stereocenters. The van der Waals surface area contributed by atoms with Gasteiger partial charge in [0, 0.05) is 18.6 Å². The Morgan fingerprint density at radius 2 is 2.08 bits per heavy atom. The molecule has 1 N–H and O–H groups in total. The van der Waals surface area contributed by atoms with Gasteiger partial charge in [0.2, 0.25) is 0 Å². The Labute approximate surface area is 137 Å². The Balaban J connectivity index is 1.57. The van der Waals surface area contributed by atoms with Gasteiger partial charge in [-0.3, -0.25) is 19.5 Å². The van der Waals surface area contributed by atoms with Crippen LogP contribution in [0.15, 0.2) is 36.7 Å². The number of aryl methyl sites for hydroxylation is 1. The Morgan fingerprint density at radius 1 is 1.21 bits per heavy atom. The quantitative estimate of drug-likeness (QED) is 0.732. The van der Waals surface area contributed by atoms with Gasteiger partial charge in [-0.1, -0.05) is 12.1 Å². The number of aromatic amines is 1. The second-order valence-corrected chi connectivity index (χ2v) is 5.82. The van der Waals surface area contributed by atoms with Crippen molar-refractivity contribution in [2.75, 3.05) is 6.54 Å². The minimum atomic E-state index is -0.282. The Hall–Kier alpha value is -3.16. The van der Waals surface area contributed by atoms with E-state index in [0.29, 0.717) is 6.54 Å². The number of carbonyl (C=O) groups is 2. The maximum Gasteiger partial charge on any atom is 0.327 e. The van der Waals surface area contributed by atoms with Crippen molar-refractivity contribution in [1.82, 2.24) is 29.8 Å². The van der Waals surface area contributed by atoms with E-state index in [2.05, 4.69) is 15.3 Å². The van der Waals surface area contributed by atoms with Crippen molar-refractivity contribution in [3.8, 4) is 0 Å². The fourth-order valence-corrected chi connectivity index (χ4v) is 3.00. The van der Waals surface area contributed by atoms with Crippen LogP contribution in [0.2, 0.25) is 0 Å². The highest BCUT2D eigenvalue weighted by Gasteiger charge is 2.36. The zero-order valence-corrected chi connectivity index (χ0v) is 13.1. The van der Waals surface area contributed by atoms with E-state index in [0.717, 1.165) is 22.2 Å². The Morgan fingerprint density at radius 3 is 2.88 bits per heavy atom. The van der Waals surface area contributed by atoms with Crippen LogP contribution in [0, 0.1) is 0 Å². The summed E-state index contributed by atoms with van der Waals surface area (Å²) >= 11 is 0. The summed E-state index contributed by atoms with van der Waals surface area (Å²) in [6.07, 6.45) is 3.39. The molecule has 0 saturated carbocycles. The number of amides is 3. The van der Waals surface area contributed by atoms with Crippen LogP contribution in [0.5, 0.6) is 0 Å². The van der Waals surface area contributed by atoms with Crippen molar-refractivity contribution in [2.45, 2.75) is 13.1 Å². The zero-order valence-electron chi connectivity index (χ0n) is 13.1. The van der Waals surface area contributed by atoms with Crippen LogP contribution < -0.4 is 0 Å². The Bertz CT molecular complexity index is 914. The molecule has 0 aliphatic carbocycles. The third kappa shape index (κ3) is 2.32. The first-order valence-corrected chi connectivity index (χ1v) is 7.60. The number of fused-ring (bicyclic) bond motifs is 1. The monoisotopic (exact) mass is 324 g/mol. The van der Waals surface area contributed by atoms with Gasteiger partial charge in [-0.25, -0.2) is 4.79 Å². The van der Waals surface area contributed by atoms with E-state index >= 15 is 0 Å². The summed E-state index contributed by atoms with van der Waals surface area (Å²) < 4.78 is 1.77. The molecular weight excluding hydrogens is 308 g/mol. The molecule has 2 aromatic heterocycles. The van der Waals surface area contributed by atoms with Crippen LogP contribution in [0.25, 0.3) is 10.9 Å². The van der Waals surface area contributed by atoms with Crippen LogP contribution in [-0.2, 0) is 24.9 Å². The normalized spacial score (nSPS) is 15.0. The second kappa shape index (κ2) is 5.48. The first kappa shape index (κ1) is 14.4. The van der Waals surface area contributed by atoms with Gasteiger partial charge < -0.3 is 4.90 Å². The smallest absolute Gasteiger partial charge is 0.309 e. The van der Waals surface area contributed by atoms with Gasteiger partial charge in [0.05, 0.1) is 30.5 Å². The molecule has 3 heterocycles. The molecule has 8 heteroatoms. The summed E-state index contributed by atoms with van der Waals surface area (Å²) in [6, 6.07) is 7.30. The standard InChI is InChI=1S/C16H16N6O2/c1-20-14-4-2-3-11(13(14)7-18-20)8-22-15(23)10-21(16(22)24)9-12-5-6-17-19-12/h2-7H,8-10H2,1H3,(H,17,19). The number of nitrogens with zero attached hydrogens (tertiary/aromatic N) is 5. The van der Waals surface area contributed by atoms with E-state index in [1.54, 1.807) is 23.1 Å². The zero-order chi connectivity index (χ0) is 16.7. The average molecular weight is 324 g/mol. The molecule has 1 aliphatic rings. The van der Waals surface area contributed by atoms with Gasteiger partial charge in [0.1, 0.15) is 6.54 Å². The van der Waals surface area contributed by atoms with Gasteiger partial charge >= 0.3 is 6.03 Å². The van der Waals surface area contributed by atoms with Gasteiger partial charge in [-0.2, -0.15) is 10.2 Å². The molecule has 1 fully saturated rings. The summed E-state index contributed by atoms with van der Waals surface area (Å²) in [5.74, 6) is -0.194. The predicted octanol–water partition coefficient (Wildman–Crippen LogP) is 1.26. The first-order chi connectivity index (χ1) is 11.6. The average Bonchev–Trinajstić information content (AvgIpc) is 3.27. The molecule has 122 valence electrons. The third-order valence-corrected chi connectivity index (χ3v) is 4.26. The van der Waals surface area contributed by atoms with Crippen LogP contribution >= 0.6 is 0 Å². The molecule has 1 aliphatic heterocycles. The number of urea groups is 1. The van der Waals surface area contributed by atoms with Crippen molar-refractivity contribution in [3.05, 3.63) is 47.9 Å². The summed E-state index contributed by atoms with van der Waals surface area (Å²) in [4.78, 5) is 27.7. The summed E-state index contributed by atoms with van der Waals surface area (Å²) in [6.45, 7) is 0.680. The third-order valence-electron chi connectivity index (χ3n) is 4.26. The number of hydrogen-bond acceptors (Lipinski definition) is 4. The van der Waals surface area contributed by atoms with E-state index in [-0.39, 0.29) is 25.0 Å². The highest BCUT2D eigenvalue weighted by atomic mass is 16.2. The van der Waals surface area contributed by atoms with Crippen molar-refractivity contribution < 1.29 is 9.59 Å². The lowest BCUT2D eigenvalue weighted by atomic mass is 10.1. The van der Waals surface area contributed by atoms with Crippen LogP contribution in [0.4, 0.5) is 4.79 Å². The van der Waals surface area contributed by atoms with Crippen molar-refractivity contribution >= 4 is 22.8 Å². The minimum Gasteiger partial charge on any atom is -0.309 e. The van der Waals surface area contributed by atoms with E-state index in [1.165, 1.54) is 9.80 Å². The molecule has 0 bridgehead atoms. The number of imide groups is 1.